The smallest absolute Gasteiger partial charge is 0.0521 e. The summed E-state index contributed by atoms with van der Waals surface area (Å²) in [6, 6.07) is 0. The van der Waals surface area contributed by atoms with Gasteiger partial charge in [-0.05, 0) is 32.8 Å². The third kappa shape index (κ3) is 4.73. The molecule has 3 heteroatoms. The minimum absolute atomic E-state index is 0.0658. The molecule has 0 saturated heterocycles. The van der Waals surface area contributed by atoms with Gasteiger partial charge in [0.25, 0.3) is 0 Å². The average Bonchev–Trinajstić information content (AvgIpc) is 2.60. The van der Waals surface area contributed by atoms with E-state index < -0.39 is 0 Å². The van der Waals surface area contributed by atoms with Crippen molar-refractivity contribution in [2.24, 2.45) is 12.5 Å². The van der Waals surface area contributed by atoms with Crippen molar-refractivity contribution >= 4 is 0 Å². The number of hydrogen-bond acceptors (Lipinski definition) is 2. The number of hydrogen-bond donors (Lipinski definition) is 1. The van der Waals surface area contributed by atoms with Crippen LogP contribution in [0.15, 0.2) is 25.0 Å². The Morgan fingerprint density at radius 3 is 2.47 bits per heavy atom. The van der Waals surface area contributed by atoms with Gasteiger partial charge in [-0.25, -0.2) is 0 Å². The lowest BCUT2D eigenvalue weighted by Crippen LogP contribution is -2.43. The number of aromatic nitrogens is 2. The summed E-state index contributed by atoms with van der Waals surface area (Å²) in [5.74, 6) is 0. The zero-order valence-corrected chi connectivity index (χ0v) is 11.7. The molecule has 1 unspecified atom stereocenters. The van der Waals surface area contributed by atoms with Gasteiger partial charge in [0.2, 0.25) is 0 Å². The SMILES string of the molecule is C=CC(C)(CNC(C)(C)C)Cc1cnn(C)c1. The van der Waals surface area contributed by atoms with Crippen LogP contribution >= 0.6 is 0 Å². The van der Waals surface area contributed by atoms with Crippen LogP contribution in [0, 0.1) is 5.41 Å². The van der Waals surface area contributed by atoms with Gasteiger partial charge >= 0.3 is 0 Å². The molecule has 1 aromatic rings. The molecule has 3 nitrogen and oxygen atoms in total. The molecule has 0 spiro atoms. The van der Waals surface area contributed by atoms with Gasteiger partial charge in [0.05, 0.1) is 6.20 Å². The van der Waals surface area contributed by atoms with Gasteiger partial charge in [-0.3, -0.25) is 4.68 Å². The van der Waals surface area contributed by atoms with E-state index in [2.05, 4.69) is 50.9 Å². The molecule has 0 radical (unpaired) electrons. The Kier molecular flexibility index (Phi) is 4.15. The first-order chi connectivity index (χ1) is 7.74. The predicted molar refractivity (Wildman–Crippen MR) is 73.0 cm³/mol. The van der Waals surface area contributed by atoms with E-state index in [9.17, 15) is 0 Å². The van der Waals surface area contributed by atoms with E-state index in [-0.39, 0.29) is 11.0 Å². The molecule has 0 amide bonds. The predicted octanol–water partition coefficient (Wildman–Crippen LogP) is 2.54. The molecular formula is C14H25N3. The second kappa shape index (κ2) is 5.05. The molecule has 0 aliphatic rings. The van der Waals surface area contributed by atoms with Crippen LogP contribution in [0.25, 0.3) is 0 Å². The monoisotopic (exact) mass is 235 g/mol. The summed E-state index contributed by atoms with van der Waals surface area (Å²) in [6.45, 7) is 13.7. The average molecular weight is 235 g/mol. The van der Waals surface area contributed by atoms with Gasteiger partial charge in [0, 0.05) is 30.7 Å². The molecule has 0 bridgehead atoms. The molecule has 0 aliphatic heterocycles. The maximum Gasteiger partial charge on any atom is 0.0521 e. The van der Waals surface area contributed by atoms with Gasteiger partial charge in [0.15, 0.2) is 0 Å². The summed E-state index contributed by atoms with van der Waals surface area (Å²) in [5, 5.41) is 7.75. The van der Waals surface area contributed by atoms with E-state index in [1.54, 1.807) is 0 Å². The molecule has 0 saturated carbocycles. The van der Waals surface area contributed by atoms with Gasteiger partial charge in [-0.2, -0.15) is 5.10 Å². The van der Waals surface area contributed by atoms with Gasteiger partial charge in [-0.15, -0.1) is 6.58 Å². The number of rotatable bonds is 5. The molecule has 1 aromatic heterocycles. The Labute approximate surface area is 105 Å². The highest BCUT2D eigenvalue weighted by atomic mass is 15.2. The van der Waals surface area contributed by atoms with Gasteiger partial charge in [0.1, 0.15) is 0 Å². The number of nitrogens with one attached hydrogen (secondary N) is 1. The van der Waals surface area contributed by atoms with Gasteiger partial charge < -0.3 is 5.32 Å². The summed E-state index contributed by atoms with van der Waals surface area (Å²) >= 11 is 0. The minimum atomic E-state index is 0.0658. The topological polar surface area (TPSA) is 29.9 Å². The zero-order chi connectivity index (χ0) is 13.1. The van der Waals surface area contributed by atoms with Crippen LogP contribution in [0.4, 0.5) is 0 Å². The van der Waals surface area contributed by atoms with Crippen LogP contribution in [0.3, 0.4) is 0 Å². The molecule has 1 N–H and O–H groups in total. The molecular weight excluding hydrogens is 210 g/mol. The lowest BCUT2D eigenvalue weighted by molar-refractivity contribution is 0.322. The Morgan fingerprint density at radius 2 is 2.06 bits per heavy atom. The quantitative estimate of drug-likeness (QED) is 0.795. The van der Waals surface area contributed by atoms with Crippen molar-refractivity contribution in [2.45, 2.75) is 39.7 Å². The van der Waals surface area contributed by atoms with E-state index in [1.165, 1.54) is 5.56 Å². The standard InChI is InChI=1S/C14H25N3/c1-7-14(5,11-15-13(2,3)4)8-12-9-16-17(6)10-12/h7,9-10,15H,1,8,11H2,2-6H3. The van der Waals surface area contributed by atoms with E-state index in [0.717, 1.165) is 13.0 Å². The summed E-state index contributed by atoms with van der Waals surface area (Å²) in [4.78, 5) is 0. The number of aryl methyl sites for hydroxylation is 1. The zero-order valence-electron chi connectivity index (χ0n) is 11.7. The first-order valence-corrected chi connectivity index (χ1v) is 6.10. The van der Waals surface area contributed by atoms with Crippen molar-refractivity contribution in [1.29, 1.82) is 0 Å². The fourth-order valence-electron chi connectivity index (χ4n) is 1.70. The van der Waals surface area contributed by atoms with Crippen molar-refractivity contribution in [3.63, 3.8) is 0 Å². The first-order valence-electron chi connectivity index (χ1n) is 6.10. The molecule has 17 heavy (non-hydrogen) atoms. The van der Waals surface area contributed by atoms with Crippen molar-refractivity contribution in [1.82, 2.24) is 15.1 Å². The van der Waals surface area contributed by atoms with E-state index in [1.807, 2.05) is 24.0 Å². The van der Waals surface area contributed by atoms with E-state index in [0.29, 0.717) is 0 Å². The van der Waals surface area contributed by atoms with Crippen LogP contribution < -0.4 is 5.32 Å². The van der Waals surface area contributed by atoms with Crippen LogP contribution in [0.5, 0.6) is 0 Å². The fourth-order valence-corrected chi connectivity index (χ4v) is 1.70. The van der Waals surface area contributed by atoms with E-state index >= 15 is 0 Å². The van der Waals surface area contributed by atoms with Crippen LogP contribution in [-0.4, -0.2) is 21.9 Å². The summed E-state index contributed by atoms with van der Waals surface area (Å²) < 4.78 is 1.84. The second-order valence-corrected chi connectivity index (χ2v) is 6.16. The third-order valence-corrected chi connectivity index (χ3v) is 2.88. The molecule has 1 heterocycles. The Bertz CT molecular complexity index is 373. The summed E-state index contributed by atoms with van der Waals surface area (Å²) in [5.41, 5.74) is 1.46. The summed E-state index contributed by atoms with van der Waals surface area (Å²) in [6.07, 6.45) is 7.00. The summed E-state index contributed by atoms with van der Waals surface area (Å²) in [7, 11) is 1.95. The highest BCUT2D eigenvalue weighted by molar-refractivity contribution is 5.11. The normalized spacial score (nSPS) is 15.6. The number of nitrogens with zero attached hydrogens (tertiary/aromatic N) is 2. The molecule has 0 aromatic carbocycles. The second-order valence-electron chi connectivity index (χ2n) is 6.16. The van der Waals surface area contributed by atoms with Crippen LogP contribution in [0.1, 0.15) is 33.3 Å². The Morgan fingerprint density at radius 1 is 1.41 bits per heavy atom. The van der Waals surface area contributed by atoms with Crippen LogP contribution in [-0.2, 0) is 13.5 Å². The molecule has 0 aliphatic carbocycles. The van der Waals surface area contributed by atoms with Crippen LogP contribution in [0.2, 0.25) is 0 Å². The maximum atomic E-state index is 4.21. The van der Waals surface area contributed by atoms with Crippen molar-refractivity contribution in [3.8, 4) is 0 Å². The molecule has 1 atom stereocenters. The third-order valence-electron chi connectivity index (χ3n) is 2.88. The van der Waals surface area contributed by atoms with Gasteiger partial charge in [-0.1, -0.05) is 13.0 Å². The first kappa shape index (κ1) is 14.0. The van der Waals surface area contributed by atoms with Crippen molar-refractivity contribution in [2.75, 3.05) is 6.54 Å². The maximum absolute atomic E-state index is 4.21. The lowest BCUT2D eigenvalue weighted by Gasteiger charge is -2.31. The van der Waals surface area contributed by atoms with Crippen molar-refractivity contribution < 1.29 is 0 Å². The fraction of sp³-hybridized carbons (Fsp3) is 0.643. The highest BCUT2D eigenvalue weighted by Gasteiger charge is 2.23. The molecule has 0 fully saturated rings. The lowest BCUT2D eigenvalue weighted by atomic mass is 9.84. The Hall–Kier alpha value is -1.09. The largest absolute Gasteiger partial charge is 0.311 e. The van der Waals surface area contributed by atoms with E-state index in [4.69, 9.17) is 0 Å². The molecule has 96 valence electrons. The highest BCUT2D eigenvalue weighted by Crippen LogP contribution is 2.23. The Balaban J connectivity index is 2.65. The minimum Gasteiger partial charge on any atom is -0.311 e. The van der Waals surface area contributed by atoms with Crippen molar-refractivity contribution in [3.05, 3.63) is 30.6 Å². The molecule has 1 rings (SSSR count).